The number of anilines is 1. The van der Waals surface area contributed by atoms with Gasteiger partial charge in [-0.2, -0.15) is 4.39 Å². The number of hydrogen-bond acceptors (Lipinski definition) is 6. The van der Waals surface area contributed by atoms with E-state index in [0.29, 0.717) is 34.8 Å². The molecule has 1 aromatic heterocycles. The van der Waals surface area contributed by atoms with Crippen molar-refractivity contribution in [2.75, 3.05) is 38.6 Å². The minimum atomic E-state index is -0.616. The van der Waals surface area contributed by atoms with Crippen LogP contribution in [0.5, 0.6) is 5.75 Å². The second-order valence-corrected chi connectivity index (χ2v) is 9.71. The number of piperidine rings is 1. The Morgan fingerprint density at radius 1 is 1.00 bits per heavy atom. The van der Waals surface area contributed by atoms with Gasteiger partial charge in [-0.1, -0.05) is 24.3 Å². The highest BCUT2D eigenvalue weighted by Crippen LogP contribution is 2.34. The monoisotopic (exact) mass is 488 g/mol. The van der Waals surface area contributed by atoms with E-state index < -0.39 is 5.95 Å². The number of benzene rings is 2. The zero-order valence-electron chi connectivity index (χ0n) is 20.0. The molecule has 0 radical (unpaired) electrons. The van der Waals surface area contributed by atoms with Crippen molar-refractivity contribution in [3.05, 3.63) is 65.6 Å². The van der Waals surface area contributed by atoms with Crippen LogP contribution in [0.2, 0.25) is 0 Å². The third-order valence-corrected chi connectivity index (χ3v) is 7.43. The van der Waals surface area contributed by atoms with Crippen LogP contribution >= 0.6 is 0 Å². The lowest BCUT2D eigenvalue weighted by molar-refractivity contribution is -0.0778. The topological polar surface area (TPSA) is 89.7 Å². The fraction of sp³-hybridized carbons (Fsp3) is 0.357. The van der Waals surface area contributed by atoms with Crippen LogP contribution in [-0.4, -0.2) is 60.8 Å². The van der Waals surface area contributed by atoms with E-state index in [1.807, 2.05) is 36.4 Å². The van der Waals surface area contributed by atoms with Crippen LogP contribution in [0.4, 0.5) is 10.2 Å². The number of halogens is 1. The number of nitrogens with zero attached hydrogens (tertiary/aromatic N) is 2. The molecule has 2 saturated heterocycles. The number of aromatic nitrogens is 1. The molecule has 0 saturated carbocycles. The van der Waals surface area contributed by atoms with Gasteiger partial charge in [-0.05, 0) is 60.2 Å². The number of ether oxygens (including phenoxy) is 2. The minimum Gasteiger partial charge on any atom is -0.490 e. The Labute approximate surface area is 209 Å². The van der Waals surface area contributed by atoms with Crippen molar-refractivity contribution in [2.24, 2.45) is 0 Å². The molecule has 7 nitrogen and oxygen atoms in total. The van der Waals surface area contributed by atoms with Crippen LogP contribution in [0, 0.1) is 5.95 Å². The molecule has 0 unspecified atom stereocenters. The van der Waals surface area contributed by atoms with Crippen molar-refractivity contribution in [1.82, 2.24) is 15.2 Å². The van der Waals surface area contributed by atoms with Gasteiger partial charge in [0, 0.05) is 36.3 Å². The largest absolute Gasteiger partial charge is 0.490 e. The van der Waals surface area contributed by atoms with Crippen molar-refractivity contribution >= 4 is 11.7 Å². The highest BCUT2D eigenvalue weighted by atomic mass is 19.1. The van der Waals surface area contributed by atoms with Crippen LogP contribution < -0.4 is 15.8 Å². The molecule has 3 aliphatic heterocycles. The first-order valence-corrected chi connectivity index (χ1v) is 12.5. The first-order valence-electron chi connectivity index (χ1n) is 12.5. The lowest BCUT2D eigenvalue weighted by Gasteiger charge is -2.41. The van der Waals surface area contributed by atoms with Gasteiger partial charge in [0.25, 0.3) is 5.91 Å². The molecule has 0 aliphatic carbocycles. The number of pyridine rings is 1. The van der Waals surface area contributed by atoms with Crippen LogP contribution in [0.25, 0.3) is 22.3 Å². The van der Waals surface area contributed by atoms with Crippen molar-refractivity contribution in [2.45, 2.75) is 31.4 Å². The smallest absolute Gasteiger partial charge is 0.251 e. The molecule has 0 atom stereocenters. The number of carbonyl (C=O) groups is 1. The summed E-state index contributed by atoms with van der Waals surface area (Å²) in [5, 5.41) is 2.85. The molecule has 1 amide bonds. The molecule has 3 aliphatic rings. The molecule has 8 heteroatoms. The van der Waals surface area contributed by atoms with Crippen LogP contribution in [0.3, 0.4) is 0 Å². The van der Waals surface area contributed by atoms with Gasteiger partial charge in [0.05, 0.1) is 19.3 Å². The molecular formula is C28H29FN4O3. The van der Waals surface area contributed by atoms with Crippen molar-refractivity contribution in [3.63, 3.8) is 0 Å². The summed E-state index contributed by atoms with van der Waals surface area (Å²) in [6, 6.07) is 15.3. The molecule has 186 valence electrons. The fourth-order valence-electron chi connectivity index (χ4n) is 5.23. The fourth-order valence-corrected chi connectivity index (χ4v) is 5.23. The number of hydrogen-bond donors (Lipinski definition) is 2. The lowest BCUT2D eigenvalue weighted by atomic mass is 9.94. The number of likely N-dealkylation sites (tertiary alicyclic amines) is 1. The Morgan fingerprint density at radius 2 is 1.75 bits per heavy atom. The average Bonchev–Trinajstić information content (AvgIpc) is 2.85. The number of fused-ring (bicyclic) bond motifs is 1. The van der Waals surface area contributed by atoms with Gasteiger partial charge in [-0.15, -0.1) is 0 Å². The standard InChI is InChI=1S/C28H29FN4O3/c29-26-24(14-25(27(30)32-26)18-3-6-23-19(13-18)7-10-31-28(23)34)17-1-4-21(5-2-17)36-22-8-11-33(12-9-22)20-15-35-16-20/h1-6,13-14,20,22H,7-12,15-16H2,(H2,30,32)(H,31,34). The first-order chi connectivity index (χ1) is 17.5. The number of carbonyl (C=O) groups excluding carboxylic acids is 1. The quantitative estimate of drug-likeness (QED) is 0.533. The minimum absolute atomic E-state index is 0.0745. The summed E-state index contributed by atoms with van der Waals surface area (Å²) in [7, 11) is 0. The number of nitrogens with one attached hydrogen (secondary N) is 1. The average molecular weight is 489 g/mol. The number of rotatable bonds is 5. The highest BCUT2D eigenvalue weighted by molar-refractivity contribution is 5.97. The SMILES string of the molecule is Nc1nc(F)c(-c2ccc(OC3CCN(C4COC4)CC3)cc2)cc1-c1ccc2c(c1)CCNC2=O. The highest BCUT2D eigenvalue weighted by Gasteiger charge is 2.30. The third kappa shape index (κ3) is 4.42. The number of nitrogens with two attached hydrogens (primary N) is 1. The van der Waals surface area contributed by atoms with Crippen LogP contribution in [0.1, 0.15) is 28.8 Å². The van der Waals surface area contributed by atoms with E-state index in [-0.39, 0.29) is 17.8 Å². The maximum absolute atomic E-state index is 14.9. The molecule has 2 aromatic carbocycles. The molecule has 36 heavy (non-hydrogen) atoms. The molecule has 3 N–H and O–H groups in total. The lowest BCUT2D eigenvalue weighted by Crippen LogP contribution is -2.52. The Hall–Kier alpha value is -3.49. The number of nitrogen functional groups attached to an aromatic ring is 1. The van der Waals surface area contributed by atoms with Crippen molar-refractivity contribution in [3.8, 4) is 28.0 Å². The summed E-state index contributed by atoms with van der Waals surface area (Å²) < 4.78 is 26.4. The van der Waals surface area contributed by atoms with E-state index in [4.69, 9.17) is 15.2 Å². The Morgan fingerprint density at radius 3 is 2.47 bits per heavy atom. The van der Waals surface area contributed by atoms with E-state index in [1.54, 1.807) is 12.1 Å². The zero-order chi connectivity index (χ0) is 24.6. The summed E-state index contributed by atoms with van der Waals surface area (Å²) in [5.74, 6) is 0.210. The van der Waals surface area contributed by atoms with Gasteiger partial charge in [-0.3, -0.25) is 9.69 Å². The molecule has 6 rings (SSSR count). The molecule has 4 heterocycles. The zero-order valence-corrected chi connectivity index (χ0v) is 20.0. The van der Waals surface area contributed by atoms with E-state index in [0.717, 1.165) is 62.4 Å². The maximum atomic E-state index is 14.9. The maximum Gasteiger partial charge on any atom is 0.251 e. The molecule has 3 aromatic rings. The summed E-state index contributed by atoms with van der Waals surface area (Å²) in [6.07, 6.45) is 2.90. The van der Waals surface area contributed by atoms with Gasteiger partial charge in [0.15, 0.2) is 0 Å². The van der Waals surface area contributed by atoms with Crippen molar-refractivity contribution in [1.29, 1.82) is 0 Å². The molecule has 2 fully saturated rings. The second kappa shape index (κ2) is 9.52. The van der Waals surface area contributed by atoms with Gasteiger partial charge < -0.3 is 20.5 Å². The van der Waals surface area contributed by atoms with E-state index >= 15 is 0 Å². The predicted octanol–water partition coefficient (Wildman–Crippen LogP) is 3.66. The summed E-state index contributed by atoms with van der Waals surface area (Å²) in [4.78, 5) is 18.6. The third-order valence-electron chi connectivity index (χ3n) is 7.43. The van der Waals surface area contributed by atoms with Crippen LogP contribution in [-0.2, 0) is 11.2 Å². The summed E-state index contributed by atoms with van der Waals surface area (Å²) in [5.41, 5.74) is 10.3. The van der Waals surface area contributed by atoms with E-state index in [1.165, 1.54) is 0 Å². The van der Waals surface area contributed by atoms with E-state index in [2.05, 4.69) is 15.2 Å². The Kier molecular flexibility index (Phi) is 6.07. The second-order valence-electron chi connectivity index (χ2n) is 9.71. The summed E-state index contributed by atoms with van der Waals surface area (Å²) >= 11 is 0. The van der Waals surface area contributed by atoms with Gasteiger partial charge >= 0.3 is 0 Å². The molecule has 0 bridgehead atoms. The molecule has 0 spiro atoms. The van der Waals surface area contributed by atoms with E-state index in [9.17, 15) is 9.18 Å². The summed E-state index contributed by atoms with van der Waals surface area (Å²) in [6.45, 7) is 4.33. The van der Waals surface area contributed by atoms with Gasteiger partial charge in [0.1, 0.15) is 17.7 Å². The normalized spacial score (nSPS) is 18.9. The Balaban J connectivity index is 1.19. The van der Waals surface area contributed by atoms with Gasteiger partial charge in [0.2, 0.25) is 5.95 Å². The Bertz CT molecular complexity index is 1280. The number of amides is 1. The predicted molar refractivity (Wildman–Crippen MR) is 135 cm³/mol. The van der Waals surface area contributed by atoms with Gasteiger partial charge in [-0.25, -0.2) is 4.98 Å². The molecular weight excluding hydrogens is 459 g/mol. The first kappa shape index (κ1) is 22.9. The van der Waals surface area contributed by atoms with Crippen LogP contribution in [0.15, 0.2) is 48.5 Å². The van der Waals surface area contributed by atoms with Crippen molar-refractivity contribution < 1.29 is 18.7 Å².